The van der Waals surface area contributed by atoms with Crippen LogP contribution in [0, 0.1) is 0 Å². The predicted molar refractivity (Wildman–Crippen MR) is 69.4 cm³/mol. The van der Waals surface area contributed by atoms with Crippen LogP contribution in [-0.4, -0.2) is 34.9 Å². The van der Waals surface area contributed by atoms with Crippen LogP contribution in [0.25, 0.3) is 0 Å². The second-order valence-electron chi connectivity index (χ2n) is 4.67. The van der Waals surface area contributed by atoms with Gasteiger partial charge in [0.2, 0.25) is 5.56 Å². The molecule has 1 amide bonds. The van der Waals surface area contributed by atoms with Crippen LogP contribution in [0.5, 0.6) is 0 Å². The van der Waals surface area contributed by atoms with Gasteiger partial charge in [-0.05, 0) is 18.9 Å². The fourth-order valence-electron chi connectivity index (χ4n) is 2.42. The van der Waals surface area contributed by atoms with Gasteiger partial charge in [-0.3, -0.25) is 9.59 Å². The van der Waals surface area contributed by atoms with Crippen molar-refractivity contribution >= 4 is 5.91 Å². The van der Waals surface area contributed by atoms with E-state index in [1.165, 1.54) is 6.07 Å². The van der Waals surface area contributed by atoms with Gasteiger partial charge in [0.15, 0.2) is 0 Å². The van der Waals surface area contributed by atoms with E-state index in [1.54, 1.807) is 17.0 Å². The normalized spacial score (nSPS) is 20.5. The number of aromatic nitrogens is 1. The lowest BCUT2D eigenvalue weighted by Crippen LogP contribution is -2.44. The predicted octanol–water partition coefficient (Wildman–Crippen LogP) is 0.718. The van der Waals surface area contributed by atoms with Crippen LogP contribution < -0.4 is 11.3 Å². The van der Waals surface area contributed by atoms with Crippen molar-refractivity contribution in [3.05, 3.63) is 34.2 Å². The third kappa shape index (κ3) is 2.79. The number of pyridine rings is 1. The molecule has 0 bridgehead atoms. The van der Waals surface area contributed by atoms with Gasteiger partial charge in [-0.15, -0.1) is 0 Å². The Balaban J connectivity index is 2.22. The molecule has 1 aromatic rings. The molecule has 1 aliphatic heterocycles. The fraction of sp³-hybridized carbons (Fsp3) is 0.538. The average molecular weight is 249 g/mol. The summed E-state index contributed by atoms with van der Waals surface area (Å²) in [6.45, 7) is 1.19. The summed E-state index contributed by atoms with van der Waals surface area (Å²) in [5, 5.41) is 0. The standard InChI is InChI=1S/C13H19N3O2/c14-9-10-5-2-1-3-8-16(10)13(18)11-6-4-7-12(17)15-11/h4,6-7,10H,1-3,5,8-9,14H2,(H,15,17). The molecule has 1 atom stereocenters. The fourth-order valence-corrected chi connectivity index (χ4v) is 2.42. The molecule has 5 heteroatoms. The number of rotatable bonds is 2. The Hall–Kier alpha value is -1.62. The Bertz CT molecular complexity index is 469. The first kappa shape index (κ1) is 12.8. The van der Waals surface area contributed by atoms with E-state index in [0.717, 1.165) is 32.2 Å². The van der Waals surface area contributed by atoms with Gasteiger partial charge in [0.1, 0.15) is 5.69 Å². The molecule has 0 saturated carbocycles. The number of hydrogen-bond donors (Lipinski definition) is 2. The van der Waals surface area contributed by atoms with Crippen molar-refractivity contribution < 1.29 is 4.79 Å². The first-order chi connectivity index (χ1) is 8.72. The molecule has 2 heterocycles. The zero-order chi connectivity index (χ0) is 13.0. The molecular weight excluding hydrogens is 230 g/mol. The van der Waals surface area contributed by atoms with Crippen LogP contribution in [0.4, 0.5) is 0 Å². The summed E-state index contributed by atoms with van der Waals surface area (Å²) in [5.41, 5.74) is 5.84. The Kier molecular flexibility index (Phi) is 4.15. The van der Waals surface area contributed by atoms with E-state index in [0.29, 0.717) is 12.2 Å². The van der Waals surface area contributed by atoms with Gasteiger partial charge in [0.25, 0.3) is 5.91 Å². The number of aromatic amines is 1. The molecule has 1 fully saturated rings. The van der Waals surface area contributed by atoms with Gasteiger partial charge < -0.3 is 15.6 Å². The number of H-pyrrole nitrogens is 1. The van der Waals surface area contributed by atoms with E-state index in [2.05, 4.69) is 4.98 Å². The number of amides is 1. The molecule has 0 spiro atoms. The van der Waals surface area contributed by atoms with Crippen molar-refractivity contribution in [2.24, 2.45) is 5.73 Å². The smallest absolute Gasteiger partial charge is 0.270 e. The van der Waals surface area contributed by atoms with Crippen LogP contribution >= 0.6 is 0 Å². The summed E-state index contributed by atoms with van der Waals surface area (Å²) in [4.78, 5) is 28.0. The van der Waals surface area contributed by atoms with Crippen LogP contribution in [0.2, 0.25) is 0 Å². The van der Waals surface area contributed by atoms with Gasteiger partial charge in [-0.1, -0.05) is 18.9 Å². The maximum absolute atomic E-state index is 12.4. The van der Waals surface area contributed by atoms with E-state index < -0.39 is 0 Å². The average Bonchev–Trinajstić information content (AvgIpc) is 2.62. The number of carbonyl (C=O) groups excluding carboxylic acids is 1. The van der Waals surface area contributed by atoms with E-state index in [1.807, 2.05) is 0 Å². The molecule has 3 N–H and O–H groups in total. The molecule has 18 heavy (non-hydrogen) atoms. The van der Waals surface area contributed by atoms with Crippen LogP contribution in [0.3, 0.4) is 0 Å². The van der Waals surface area contributed by atoms with Gasteiger partial charge >= 0.3 is 0 Å². The number of nitrogens with one attached hydrogen (secondary N) is 1. The lowest BCUT2D eigenvalue weighted by atomic mass is 10.1. The van der Waals surface area contributed by atoms with Crippen molar-refractivity contribution in [2.75, 3.05) is 13.1 Å². The van der Waals surface area contributed by atoms with Crippen molar-refractivity contribution in [1.29, 1.82) is 0 Å². The maximum Gasteiger partial charge on any atom is 0.270 e. The van der Waals surface area contributed by atoms with Gasteiger partial charge in [-0.2, -0.15) is 0 Å². The lowest BCUT2D eigenvalue weighted by molar-refractivity contribution is 0.0682. The van der Waals surface area contributed by atoms with Crippen LogP contribution in [0.1, 0.15) is 36.2 Å². The minimum atomic E-state index is -0.250. The summed E-state index contributed by atoms with van der Waals surface area (Å²) < 4.78 is 0. The van der Waals surface area contributed by atoms with E-state index >= 15 is 0 Å². The van der Waals surface area contributed by atoms with Crippen molar-refractivity contribution in [2.45, 2.75) is 31.7 Å². The largest absolute Gasteiger partial charge is 0.333 e. The Morgan fingerprint density at radius 2 is 2.22 bits per heavy atom. The molecule has 5 nitrogen and oxygen atoms in total. The number of nitrogens with two attached hydrogens (primary N) is 1. The molecule has 0 radical (unpaired) electrons. The molecule has 1 saturated heterocycles. The molecular formula is C13H19N3O2. The topological polar surface area (TPSA) is 79.2 Å². The third-order valence-electron chi connectivity index (χ3n) is 3.41. The lowest BCUT2D eigenvalue weighted by Gasteiger charge is -2.28. The summed E-state index contributed by atoms with van der Waals surface area (Å²) in [6.07, 6.45) is 4.18. The summed E-state index contributed by atoms with van der Waals surface area (Å²) in [7, 11) is 0. The highest BCUT2D eigenvalue weighted by Crippen LogP contribution is 2.17. The quantitative estimate of drug-likeness (QED) is 0.810. The first-order valence-electron chi connectivity index (χ1n) is 6.43. The Morgan fingerprint density at radius 1 is 1.39 bits per heavy atom. The van der Waals surface area contributed by atoms with Crippen molar-refractivity contribution in [3.63, 3.8) is 0 Å². The highest BCUT2D eigenvalue weighted by molar-refractivity contribution is 5.92. The van der Waals surface area contributed by atoms with Gasteiger partial charge in [-0.25, -0.2) is 0 Å². The van der Waals surface area contributed by atoms with E-state index in [-0.39, 0.29) is 17.5 Å². The van der Waals surface area contributed by atoms with Gasteiger partial charge in [0, 0.05) is 25.2 Å². The second-order valence-corrected chi connectivity index (χ2v) is 4.67. The number of hydrogen-bond acceptors (Lipinski definition) is 3. The monoisotopic (exact) mass is 249 g/mol. The van der Waals surface area contributed by atoms with Crippen LogP contribution in [0.15, 0.2) is 23.0 Å². The molecule has 1 aromatic heterocycles. The molecule has 1 aliphatic rings. The van der Waals surface area contributed by atoms with Crippen molar-refractivity contribution in [1.82, 2.24) is 9.88 Å². The van der Waals surface area contributed by atoms with Crippen LogP contribution in [-0.2, 0) is 0 Å². The highest BCUT2D eigenvalue weighted by Gasteiger charge is 2.25. The van der Waals surface area contributed by atoms with Crippen molar-refractivity contribution in [3.8, 4) is 0 Å². The zero-order valence-corrected chi connectivity index (χ0v) is 10.4. The SMILES string of the molecule is NCC1CCCCCN1C(=O)c1cccc(=O)[nH]1. The minimum absolute atomic E-state index is 0.0868. The maximum atomic E-state index is 12.4. The Morgan fingerprint density at radius 3 is 2.94 bits per heavy atom. The van der Waals surface area contributed by atoms with E-state index in [4.69, 9.17) is 5.73 Å². The highest BCUT2D eigenvalue weighted by atomic mass is 16.2. The third-order valence-corrected chi connectivity index (χ3v) is 3.41. The molecule has 1 unspecified atom stereocenters. The minimum Gasteiger partial charge on any atom is -0.333 e. The zero-order valence-electron chi connectivity index (χ0n) is 10.4. The molecule has 2 rings (SSSR count). The number of carbonyl (C=O) groups is 1. The summed E-state index contributed by atoms with van der Waals surface area (Å²) >= 11 is 0. The number of nitrogens with zero attached hydrogens (tertiary/aromatic N) is 1. The van der Waals surface area contributed by atoms with E-state index in [9.17, 15) is 9.59 Å². The second kappa shape index (κ2) is 5.82. The summed E-state index contributed by atoms with van der Waals surface area (Å²) in [6, 6.07) is 4.73. The first-order valence-corrected chi connectivity index (χ1v) is 6.43. The molecule has 0 aromatic carbocycles. The molecule has 98 valence electrons. The Labute approximate surface area is 106 Å². The summed E-state index contributed by atoms with van der Waals surface area (Å²) in [5.74, 6) is -0.120. The number of likely N-dealkylation sites (tertiary alicyclic amines) is 1. The molecule has 0 aliphatic carbocycles. The van der Waals surface area contributed by atoms with Gasteiger partial charge in [0.05, 0.1) is 0 Å².